The van der Waals surface area contributed by atoms with E-state index >= 15 is 0 Å². The number of nitrogens with one attached hydrogen (secondary N) is 2. The van der Waals surface area contributed by atoms with Gasteiger partial charge in [0.1, 0.15) is 0 Å². The van der Waals surface area contributed by atoms with Gasteiger partial charge in [0.25, 0.3) is 5.78 Å². The number of aromatic amines is 1. The molecule has 4 aromatic rings. The van der Waals surface area contributed by atoms with Crippen LogP contribution in [0.5, 0.6) is 0 Å². The van der Waals surface area contributed by atoms with E-state index in [4.69, 9.17) is 11.6 Å². The third kappa shape index (κ3) is 2.54. The van der Waals surface area contributed by atoms with E-state index < -0.39 is 11.7 Å². The summed E-state index contributed by atoms with van der Waals surface area (Å²) in [6, 6.07) is 10.1. The first kappa shape index (κ1) is 14.8. The van der Waals surface area contributed by atoms with Crippen LogP contribution in [0.25, 0.3) is 16.8 Å². The first-order valence-corrected chi connectivity index (χ1v) is 7.26. The minimum atomic E-state index is -4.40. The molecule has 0 saturated carbocycles. The summed E-state index contributed by atoms with van der Waals surface area (Å²) in [7, 11) is 0. The van der Waals surface area contributed by atoms with Crippen molar-refractivity contribution in [3.05, 3.63) is 53.1 Å². The number of aromatic nitrogens is 4. The zero-order valence-electron chi connectivity index (χ0n) is 11.9. The molecule has 9 heteroatoms. The Bertz CT molecular complexity index is 1050. The highest BCUT2D eigenvalue weighted by Gasteiger charge is 2.30. The highest BCUT2D eigenvalue weighted by atomic mass is 35.5. The summed E-state index contributed by atoms with van der Waals surface area (Å²) >= 11 is 5.92. The lowest BCUT2D eigenvalue weighted by Gasteiger charge is -2.08. The highest BCUT2D eigenvalue weighted by molar-refractivity contribution is 6.31. The average Bonchev–Trinajstić information content (AvgIpc) is 3.03. The molecule has 5 nitrogen and oxygen atoms in total. The third-order valence-corrected chi connectivity index (χ3v) is 3.72. The number of benzene rings is 2. The molecule has 0 amide bonds. The maximum Gasteiger partial charge on any atom is 0.416 e. The molecular weight excluding hydrogens is 343 g/mol. The van der Waals surface area contributed by atoms with Crippen molar-refractivity contribution in [2.24, 2.45) is 0 Å². The van der Waals surface area contributed by atoms with Gasteiger partial charge in [-0.3, -0.25) is 5.10 Å². The average molecular weight is 352 g/mol. The Hall–Kier alpha value is -2.74. The smallest absolute Gasteiger partial charge is 0.325 e. The summed E-state index contributed by atoms with van der Waals surface area (Å²) < 4.78 is 39.9. The lowest BCUT2D eigenvalue weighted by molar-refractivity contribution is -0.137. The Balaban J connectivity index is 1.70. The van der Waals surface area contributed by atoms with Gasteiger partial charge in [-0.15, -0.1) is 0 Å². The molecule has 0 radical (unpaired) electrons. The van der Waals surface area contributed by atoms with Crippen LogP contribution < -0.4 is 5.32 Å². The summed E-state index contributed by atoms with van der Waals surface area (Å²) in [6.07, 6.45) is -4.40. The molecule has 2 heterocycles. The molecule has 2 N–H and O–H groups in total. The zero-order chi connectivity index (χ0) is 16.9. The molecule has 0 saturated heterocycles. The van der Waals surface area contributed by atoms with Crippen LogP contribution >= 0.6 is 11.6 Å². The van der Waals surface area contributed by atoms with Gasteiger partial charge in [0.05, 0.1) is 16.6 Å². The van der Waals surface area contributed by atoms with E-state index in [9.17, 15) is 13.2 Å². The van der Waals surface area contributed by atoms with Crippen LogP contribution in [0.15, 0.2) is 42.5 Å². The quantitative estimate of drug-likeness (QED) is 0.553. The molecule has 0 atom stereocenters. The summed E-state index contributed by atoms with van der Waals surface area (Å²) in [5.41, 5.74) is 0.976. The molecule has 2 aromatic heterocycles. The van der Waals surface area contributed by atoms with Crippen molar-refractivity contribution in [1.82, 2.24) is 19.6 Å². The number of alkyl halides is 3. The van der Waals surface area contributed by atoms with Crippen molar-refractivity contribution < 1.29 is 13.2 Å². The monoisotopic (exact) mass is 351 g/mol. The molecule has 0 spiro atoms. The second-order valence-electron chi connectivity index (χ2n) is 5.16. The van der Waals surface area contributed by atoms with Crippen LogP contribution in [0, 0.1) is 0 Å². The molecule has 0 bridgehead atoms. The Morgan fingerprint density at radius 2 is 1.92 bits per heavy atom. The van der Waals surface area contributed by atoms with Crippen molar-refractivity contribution >= 4 is 40.0 Å². The lowest BCUT2D eigenvalue weighted by Crippen LogP contribution is -2.05. The first-order chi connectivity index (χ1) is 11.4. The largest absolute Gasteiger partial charge is 0.416 e. The van der Waals surface area contributed by atoms with Gasteiger partial charge < -0.3 is 5.32 Å². The molecule has 122 valence electrons. The second kappa shape index (κ2) is 5.13. The first-order valence-electron chi connectivity index (χ1n) is 6.88. The molecule has 0 aliphatic heterocycles. The van der Waals surface area contributed by atoms with Crippen molar-refractivity contribution in [2.45, 2.75) is 6.18 Å². The molecule has 0 fully saturated rings. The molecule has 0 aliphatic rings. The number of hydrogen-bond donors (Lipinski definition) is 2. The molecular formula is C15H9ClF3N5. The molecule has 24 heavy (non-hydrogen) atoms. The Morgan fingerprint density at radius 3 is 2.71 bits per heavy atom. The second-order valence-corrected chi connectivity index (χ2v) is 5.59. The van der Waals surface area contributed by atoms with Crippen molar-refractivity contribution in [1.29, 1.82) is 0 Å². The fourth-order valence-electron chi connectivity index (χ4n) is 2.42. The highest BCUT2D eigenvalue weighted by Crippen LogP contribution is 2.31. The fraction of sp³-hybridized carbons (Fsp3) is 0.0667. The minimum absolute atomic E-state index is 0.272. The van der Waals surface area contributed by atoms with Crippen LogP contribution in [0.1, 0.15) is 5.56 Å². The van der Waals surface area contributed by atoms with E-state index in [0.717, 1.165) is 17.6 Å². The van der Waals surface area contributed by atoms with Crippen molar-refractivity contribution in [3.8, 4) is 0 Å². The Kier molecular flexibility index (Phi) is 3.17. The van der Waals surface area contributed by atoms with E-state index in [0.29, 0.717) is 16.3 Å². The van der Waals surface area contributed by atoms with Gasteiger partial charge in [0, 0.05) is 10.7 Å². The van der Waals surface area contributed by atoms with Gasteiger partial charge >= 0.3 is 6.18 Å². The topological polar surface area (TPSA) is 58.0 Å². The van der Waals surface area contributed by atoms with Gasteiger partial charge in [0.15, 0.2) is 0 Å². The molecule has 0 aliphatic carbocycles. The van der Waals surface area contributed by atoms with E-state index in [-0.39, 0.29) is 11.6 Å². The SMILES string of the molecule is FC(F)(F)c1cccc(Nc2nc3nc4cc(Cl)ccc4n3[nH]2)c1. The zero-order valence-corrected chi connectivity index (χ0v) is 12.7. The van der Waals surface area contributed by atoms with Gasteiger partial charge in [0.2, 0.25) is 5.95 Å². The predicted molar refractivity (Wildman–Crippen MR) is 84.6 cm³/mol. The number of nitrogens with zero attached hydrogens (tertiary/aromatic N) is 3. The normalized spacial score (nSPS) is 12.2. The van der Waals surface area contributed by atoms with Crippen LogP contribution in [0.3, 0.4) is 0 Å². The van der Waals surface area contributed by atoms with Crippen LogP contribution in [-0.4, -0.2) is 19.6 Å². The standard InChI is InChI=1S/C15H9ClF3N5/c16-9-4-5-12-11(7-9)21-14-22-13(23-24(12)14)20-10-3-1-2-8(6-10)15(17,18)19/h1-7H,(H2,20,21,22,23). The number of rotatable bonds is 2. The van der Waals surface area contributed by atoms with Crippen LogP contribution in [-0.2, 0) is 6.18 Å². The van der Waals surface area contributed by atoms with Gasteiger partial charge in [-0.25, -0.2) is 9.50 Å². The Labute approximate surface area is 138 Å². The van der Waals surface area contributed by atoms with Crippen LogP contribution in [0.4, 0.5) is 24.8 Å². The number of imidazole rings is 1. The molecule has 0 unspecified atom stereocenters. The van der Waals surface area contributed by atoms with E-state index in [1.165, 1.54) is 12.1 Å². The van der Waals surface area contributed by atoms with Crippen molar-refractivity contribution in [3.63, 3.8) is 0 Å². The van der Waals surface area contributed by atoms with Gasteiger partial charge in [-0.05, 0) is 36.4 Å². The van der Waals surface area contributed by atoms with Crippen LogP contribution in [0.2, 0.25) is 5.02 Å². The predicted octanol–water partition coefficient (Wildman–Crippen LogP) is 4.63. The van der Waals surface area contributed by atoms with Gasteiger partial charge in [-0.1, -0.05) is 17.7 Å². The molecule has 4 rings (SSSR count). The summed E-state index contributed by atoms with van der Waals surface area (Å²) in [5, 5.41) is 6.33. The number of halogens is 4. The summed E-state index contributed by atoms with van der Waals surface area (Å²) in [6.45, 7) is 0. The maximum absolute atomic E-state index is 12.8. The molecule has 2 aromatic carbocycles. The number of fused-ring (bicyclic) bond motifs is 3. The summed E-state index contributed by atoms with van der Waals surface area (Å²) in [5.74, 6) is 0.676. The number of anilines is 2. The lowest BCUT2D eigenvalue weighted by atomic mass is 10.2. The minimum Gasteiger partial charge on any atom is -0.325 e. The van der Waals surface area contributed by atoms with E-state index in [2.05, 4.69) is 20.4 Å². The maximum atomic E-state index is 12.8. The van der Waals surface area contributed by atoms with Gasteiger partial charge in [-0.2, -0.15) is 18.2 Å². The van der Waals surface area contributed by atoms with E-state index in [1.54, 1.807) is 22.7 Å². The number of H-pyrrole nitrogens is 1. The Morgan fingerprint density at radius 1 is 1.08 bits per heavy atom. The number of hydrogen-bond acceptors (Lipinski definition) is 3. The van der Waals surface area contributed by atoms with E-state index in [1.807, 2.05) is 0 Å². The fourth-order valence-corrected chi connectivity index (χ4v) is 2.59. The third-order valence-electron chi connectivity index (χ3n) is 3.48. The van der Waals surface area contributed by atoms with Crippen molar-refractivity contribution in [2.75, 3.05) is 5.32 Å². The summed E-state index contributed by atoms with van der Waals surface area (Å²) in [4.78, 5) is 8.54.